The van der Waals surface area contributed by atoms with Gasteiger partial charge in [-0.15, -0.1) is 0 Å². The Bertz CT molecular complexity index is 924. The molecule has 0 aromatic rings. The van der Waals surface area contributed by atoms with Crippen molar-refractivity contribution in [3.05, 3.63) is 12.2 Å². The first-order valence-corrected chi connectivity index (χ1v) is 28.0. The van der Waals surface area contributed by atoms with Gasteiger partial charge in [0.2, 0.25) is 5.91 Å². The van der Waals surface area contributed by atoms with Gasteiger partial charge in [-0.1, -0.05) is 276 Å². The van der Waals surface area contributed by atoms with Crippen molar-refractivity contribution < 1.29 is 24.5 Å². The van der Waals surface area contributed by atoms with Gasteiger partial charge in [-0.05, 0) is 32.1 Å². The van der Waals surface area contributed by atoms with Crippen molar-refractivity contribution in [1.82, 2.24) is 5.32 Å². The van der Waals surface area contributed by atoms with Crippen LogP contribution < -0.4 is 5.32 Å². The van der Waals surface area contributed by atoms with Gasteiger partial charge < -0.3 is 20.3 Å². The molecule has 368 valence electrons. The van der Waals surface area contributed by atoms with E-state index < -0.39 is 12.1 Å². The SMILES string of the molecule is CCCCCCCCCC/C=C/C(O)C(CO)NC(=O)CCCCCCCCCCCCCCCCCCCCCCOC(=O)CCCCCCCCCCCCCCCCC. The maximum absolute atomic E-state index is 12.4. The molecule has 2 atom stereocenters. The molecule has 6 nitrogen and oxygen atoms in total. The van der Waals surface area contributed by atoms with Crippen LogP contribution in [-0.2, 0) is 14.3 Å². The second-order valence-electron chi connectivity index (χ2n) is 19.3. The van der Waals surface area contributed by atoms with E-state index in [0.717, 1.165) is 38.5 Å². The molecule has 0 saturated heterocycles. The molecule has 3 N–H and O–H groups in total. The number of carbonyl (C=O) groups is 2. The smallest absolute Gasteiger partial charge is 0.305 e. The maximum atomic E-state index is 12.4. The first-order valence-electron chi connectivity index (χ1n) is 28.0. The predicted molar refractivity (Wildman–Crippen MR) is 269 cm³/mol. The molecule has 0 rings (SSSR count). The molecule has 2 unspecified atom stereocenters. The molecule has 1 amide bonds. The molecule has 0 aliphatic heterocycles. The van der Waals surface area contributed by atoms with E-state index in [1.54, 1.807) is 6.08 Å². The first-order chi connectivity index (χ1) is 30.5. The lowest BCUT2D eigenvalue weighted by Gasteiger charge is -2.20. The fraction of sp³-hybridized carbons (Fsp3) is 0.929. The third-order valence-electron chi connectivity index (χ3n) is 13.1. The number of aliphatic hydroxyl groups is 2. The largest absolute Gasteiger partial charge is 0.466 e. The zero-order chi connectivity index (χ0) is 45.1. The van der Waals surface area contributed by atoms with Crippen LogP contribution in [0.4, 0.5) is 0 Å². The summed E-state index contributed by atoms with van der Waals surface area (Å²) >= 11 is 0. The van der Waals surface area contributed by atoms with Crippen LogP contribution in [0.15, 0.2) is 12.2 Å². The Kier molecular flexibility index (Phi) is 51.0. The molecular weight excluding hydrogens is 767 g/mol. The Morgan fingerprint density at radius 3 is 1.10 bits per heavy atom. The van der Waals surface area contributed by atoms with Crippen LogP contribution in [0.3, 0.4) is 0 Å². The Hall–Kier alpha value is -1.40. The number of esters is 1. The molecule has 0 aromatic heterocycles. The molecule has 62 heavy (non-hydrogen) atoms. The minimum atomic E-state index is -0.842. The summed E-state index contributed by atoms with van der Waals surface area (Å²) < 4.78 is 5.48. The third kappa shape index (κ3) is 48.1. The number of rotatable bonds is 52. The van der Waals surface area contributed by atoms with E-state index in [-0.39, 0.29) is 18.5 Å². The Labute approximate surface area is 387 Å². The van der Waals surface area contributed by atoms with Gasteiger partial charge in [0.15, 0.2) is 0 Å². The highest BCUT2D eigenvalue weighted by atomic mass is 16.5. The fourth-order valence-electron chi connectivity index (χ4n) is 8.75. The molecular formula is C56H109NO5. The van der Waals surface area contributed by atoms with Crippen LogP contribution in [0.2, 0.25) is 0 Å². The minimum absolute atomic E-state index is 0.0129. The third-order valence-corrected chi connectivity index (χ3v) is 13.1. The lowest BCUT2D eigenvalue weighted by molar-refractivity contribution is -0.143. The summed E-state index contributed by atoms with van der Waals surface area (Å²) in [6.45, 7) is 4.89. The second kappa shape index (κ2) is 52.2. The number of amides is 1. The molecule has 0 aliphatic rings. The number of unbranched alkanes of at least 4 members (excludes halogenated alkanes) is 41. The quantitative estimate of drug-likeness (QED) is 0.0321. The van der Waals surface area contributed by atoms with Crippen molar-refractivity contribution in [3.63, 3.8) is 0 Å². The average Bonchev–Trinajstić information content (AvgIpc) is 3.27. The maximum Gasteiger partial charge on any atom is 0.305 e. The van der Waals surface area contributed by atoms with Crippen molar-refractivity contribution in [3.8, 4) is 0 Å². The van der Waals surface area contributed by atoms with E-state index in [1.165, 1.54) is 244 Å². The average molecular weight is 876 g/mol. The van der Waals surface area contributed by atoms with Crippen molar-refractivity contribution in [1.29, 1.82) is 0 Å². The van der Waals surface area contributed by atoms with E-state index >= 15 is 0 Å². The molecule has 0 radical (unpaired) electrons. The lowest BCUT2D eigenvalue weighted by Crippen LogP contribution is -2.45. The number of nitrogens with one attached hydrogen (secondary N) is 1. The van der Waals surface area contributed by atoms with Crippen molar-refractivity contribution in [2.45, 2.75) is 321 Å². The summed E-state index contributed by atoms with van der Waals surface area (Å²) in [4.78, 5) is 24.4. The zero-order valence-electron chi connectivity index (χ0n) is 41.9. The van der Waals surface area contributed by atoms with Gasteiger partial charge in [-0.3, -0.25) is 9.59 Å². The number of hydrogen-bond donors (Lipinski definition) is 3. The highest BCUT2D eigenvalue weighted by Crippen LogP contribution is 2.17. The van der Waals surface area contributed by atoms with Crippen LogP contribution in [0, 0.1) is 0 Å². The summed E-state index contributed by atoms with van der Waals surface area (Å²) in [5.74, 6) is -0.0579. The van der Waals surface area contributed by atoms with Crippen LogP contribution in [0.1, 0.15) is 309 Å². The van der Waals surface area contributed by atoms with E-state index in [2.05, 4.69) is 19.2 Å². The number of hydrogen-bond acceptors (Lipinski definition) is 5. The number of aliphatic hydroxyl groups excluding tert-OH is 2. The van der Waals surface area contributed by atoms with Gasteiger partial charge in [0, 0.05) is 12.8 Å². The number of carbonyl (C=O) groups excluding carboxylic acids is 2. The highest BCUT2D eigenvalue weighted by Gasteiger charge is 2.18. The standard InChI is InChI=1S/C56H109NO5/c1-3-5-7-9-11-13-15-16-23-27-30-34-38-42-46-50-56(61)62-51-47-43-39-35-31-28-25-22-20-18-17-19-21-24-26-29-33-37-41-45-49-55(60)57-53(52-58)54(59)48-44-40-36-32-14-12-10-8-6-4-2/h44,48,53-54,58-59H,3-43,45-47,49-52H2,1-2H3,(H,57,60)/b48-44+. The summed E-state index contributed by atoms with van der Waals surface area (Å²) in [5, 5.41) is 23.0. The Balaban J connectivity index is 3.37. The molecule has 0 spiro atoms. The normalized spacial score (nSPS) is 12.6. The molecule has 0 heterocycles. The number of ether oxygens (including phenoxy) is 1. The highest BCUT2D eigenvalue weighted by molar-refractivity contribution is 5.76. The summed E-state index contributed by atoms with van der Waals surface area (Å²) in [5.41, 5.74) is 0. The minimum Gasteiger partial charge on any atom is -0.466 e. The zero-order valence-corrected chi connectivity index (χ0v) is 41.9. The van der Waals surface area contributed by atoms with Crippen molar-refractivity contribution in [2.24, 2.45) is 0 Å². The van der Waals surface area contributed by atoms with Gasteiger partial charge in [-0.25, -0.2) is 0 Å². The Morgan fingerprint density at radius 2 is 0.742 bits per heavy atom. The molecule has 0 bridgehead atoms. The summed E-state index contributed by atoms with van der Waals surface area (Å²) in [6, 6.07) is -0.626. The molecule has 0 aromatic carbocycles. The van der Waals surface area contributed by atoms with Gasteiger partial charge in [0.05, 0.1) is 25.4 Å². The van der Waals surface area contributed by atoms with Crippen LogP contribution in [-0.4, -0.2) is 47.4 Å². The monoisotopic (exact) mass is 876 g/mol. The van der Waals surface area contributed by atoms with E-state index in [0.29, 0.717) is 19.4 Å². The molecule has 0 fully saturated rings. The predicted octanol–water partition coefficient (Wildman–Crippen LogP) is 16.9. The van der Waals surface area contributed by atoms with Gasteiger partial charge in [0.1, 0.15) is 0 Å². The Morgan fingerprint density at radius 1 is 0.435 bits per heavy atom. The van der Waals surface area contributed by atoms with E-state index in [9.17, 15) is 19.8 Å². The van der Waals surface area contributed by atoms with Gasteiger partial charge in [0.25, 0.3) is 0 Å². The molecule has 0 saturated carbocycles. The van der Waals surface area contributed by atoms with Crippen molar-refractivity contribution in [2.75, 3.05) is 13.2 Å². The topological polar surface area (TPSA) is 95.9 Å². The van der Waals surface area contributed by atoms with Crippen LogP contribution >= 0.6 is 0 Å². The van der Waals surface area contributed by atoms with Crippen LogP contribution in [0.25, 0.3) is 0 Å². The first kappa shape index (κ1) is 60.6. The molecule has 0 aliphatic carbocycles. The molecule has 6 heteroatoms. The number of allylic oxidation sites excluding steroid dienone is 1. The summed E-state index contributed by atoms with van der Waals surface area (Å²) in [6.07, 6.45) is 60.9. The fourth-order valence-corrected chi connectivity index (χ4v) is 8.75. The van der Waals surface area contributed by atoms with Gasteiger partial charge >= 0.3 is 5.97 Å². The lowest BCUT2D eigenvalue weighted by atomic mass is 10.0. The van der Waals surface area contributed by atoms with Gasteiger partial charge in [-0.2, -0.15) is 0 Å². The van der Waals surface area contributed by atoms with Crippen molar-refractivity contribution >= 4 is 11.9 Å². The second-order valence-corrected chi connectivity index (χ2v) is 19.3. The van der Waals surface area contributed by atoms with E-state index in [4.69, 9.17) is 4.74 Å². The summed E-state index contributed by atoms with van der Waals surface area (Å²) in [7, 11) is 0. The van der Waals surface area contributed by atoms with Crippen LogP contribution in [0.5, 0.6) is 0 Å². The van der Waals surface area contributed by atoms with E-state index in [1.807, 2.05) is 6.08 Å².